The zero-order chi connectivity index (χ0) is 17.6. The highest BCUT2D eigenvalue weighted by atomic mass is 16.5. The summed E-state index contributed by atoms with van der Waals surface area (Å²) in [7, 11) is 0. The maximum atomic E-state index is 11.3. The van der Waals surface area contributed by atoms with Crippen molar-refractivity contribution in [2.75, 3.05) is 11.9 Å². The molecule has 5 heteroatoms. The first-order valence-electron chi connectivity index (χ1n) is 7.96. The average molecular weight is 333 g/mol. The number of anilines is 1. The van der Waals surface area contributed by atoms with Crippen LogP contribution in [0.1, 0.15) is 22.8 Å². The summed E-state index contributed by atoms with van der Waals surface area (Å²) in [6.45, 7) is 2.73. The summed E-state index contributed by atoms with van der Waals surface area (Å²) in [5.41, 5.74) is 6.13. The van der Waals surface area contributed by atoms with Crippen molar-refractivity contribution >= 4 is 28.6 Å². The van der Waals surface area contributed by atoms with Crippen molar-refractivity contribution in [1.29, 1.82) is 0 Å². The van der Waals surface area contributed by atoms with Gasteiger partial charge < -0.3 is 5.32 Å². The second-order valence-corrected chi connectivity index (χ2v) is 5.82. The number of fused-ring (bicyclic) bond motifs is 1. The molecule has 5 nitrogen and oxygen atoms in total. The summed E-state index contributed by atoms with van der Waals surface area (Å²) >= 11 is 0. The third-order valence-corrected chi connectivity index (χ3v) is 3.85. The lowest BCUT2D eigenvalue weighted by Crippen LogP contribution is -2.18. The molecule has 1 heterocycles. The van der Waals surface area contributed by atoms with Gasteiger partial charge in [0.05, 0.1) is 17.4 Å². The molecule has 1 amide bonds. The number of hydrogen-bond acceptors (Lipinski definition) is 4. The zero-order valence-corrected chi connectivity index (χ0v) is 13.9. The highest BCUT2D eigenvalue weighted by Gasteiger charge is 2.02. The molecular weight excluding hydrogens is 314 g/mol. The van der Waals surface area contributed by atoms with Gasteiger partial charge in [-0.15, -0.1) is 0 Å². The summed E-state index contributed by atoms with van der Waals surface area (Å²) in [5, 5.41) is 13.1. The van der Waals surface area contributed by atoms with E-state index in [0.29, 0.717) is 12.1 Å². The molecule has 0 fully saturated rings. The Hall–Kier alpha value is -3.18. The first kappa shape index (κ1) is 16.7. The number of amides is 1. The van der Waals surface area contributed by atoms with Crippen LogP contribution in [0, 0.1) is 0 Å². The van der Waals surface area contributed by atoms with Crippen molar-refractivity contribution in [3.05, 3.63) is 77.5 Å². The van der Waals surface area contributed by atoms with E-state index in [4.69, 9.17) is 5.21 Å². The molecule has 0 spiro atoms. The number of nitrogens with zero attached hydrogens (tertiary/aromatic N) is 1. The van der Waals surface area contributed by atoms with Gasteiger partial charge in [-0.3, -0.25) is 15.0 Å². The van der Waals surface area contributed by atoms with E-state index in [2.05, 4.69) is 16.4 Å². The van der Waals surface area contributed by atoms with Crippen LogP contribution >= 0.6 is 0 Å². The van der Waals surface area contributed by atoms with E-state index in [1.165, 1.54) is 0 Å². The second kappa shape index (κ2) is 7.59. The molecular formula is C20H19N3O2. The standard InChI is InChI=1S/C20H19N3O2/c1-14(10-15-6-8-16(9-7-15)20(24)23-25)12-21-18-11-17-4-2-3-5-19(17)22-13-18/h2-11,13,21,25H,12H2,1H3,(H,23,24)/b14-10+. The fourth-order valence-electron chi connectivity index (χ4n) is 2.54. The molecule has 0 aliphatic rings. The Balaban J connectivity index is 1.65. The van der Waals surface area contributed by atoms with Crippen LogP contribution < -0.4 is 10.8 Å². The number of hydroxylamine groups is 1. The lowest BCUT2D eigenvalue weighted by Gasteiger charge is -2.08. The van der Waals surface area contributed by atoms with E-state index in [1.807, 2.05) is 55.6 Å². The molecule has 3 aromatic rings. The highest BCUT2D eigenvalue weighted by Crippen LogP contribution is 2.16. The zero-order valence-electron chi connectivity index (χ0n) is 13.9. The van der Waals surface area contributed by atoms with E-state index in [0.717, 1.165) is 27.7 Å². The Morgan fingerprint density at radius 3 is 2.68 bits per heavy atom. The molecule has 3 rings (SSSR count). The number of para-hydroxylation sites is 1. The van der Waals surface area contributed by atoms with Crippen molar-refractivity contribution in [3.63, 3.8) is 0 Å². The molecule has 3 N–H and O–H groups in total. The monoisotopic (exact) mass is 333 g/mol. The summed E-state index contributed by atoms with van der Waals surface area (Å²) < 4.78 is 0. The quantitative estimate of drug-likeness (QED) is 0.489. The predicted molar refractivity (Wildman–Crippen MR) is 99.6 cm³/mol. The van der Waals surface area contributed by atoms with Crippen molar-refractivity contribution in [3.8, 4) is 0 Å². The maximum absolute atomic E-state index is 11.3. The Morgan fingerprint density at radius 1 is 1.16 bits per heavy atom. The van der Waals surface area contributed by atoms with Crippen LogP contribution in [0.25, 0.3) is 17.0 Å². The Kier molecular flexibility index (Phi) is 5.06. The number of hydrogen-bond donors (Lipinski definition) is 3. The topological polar surface area (TPSA) is 74.2 Å². The number of pyridine rings is 1. The first-order chi connectivity index (χ1) is 12.2. The normalized spacial score (nSPS) is 11.4. The summed E-state index contributed by atoms with van der Waals surface area (Å²) in [5.74, 6) is -0.516. The first-order valence-corrected chi connectivity index (χ1v) is 7.96. The van der Waals surface area contributed by atoms with E-state index >= 15 is 0 Å². The fraction of sp³-hybridized carbons (Fsp3) is 0.100. The van der Waals surface area contributed by atoms with Gasteiger partial charge in [0.2, 0.25) is 0 Å². The van der Waals surface area contributed by atoms with Crippen LogP contribution in [0.5, 0.6) is 0 Å². The second-order valence-electron chi connectivity index (χ2n) is 5.82. The average Bonchev–Trinajstić information content (AvgIpc) is 2.66. The number of benzene rings is 2. The Labute approximate surface area is 146 Å². The van der Waals surface area contributed by atoms with Gasteiger partial charge >= 0.3 is 0 Å². The van der Waals surface area contributed by atoms with Crippen LogP contribution in [0.2, 0.25) is 0 Å². The van der Waals surface area contributed by atoms with Crippen molar-refractivity contribution in [2.45, 2.75) is 6.92 Å². The summed E-state index contributed by atoms with van der Waals surface area (Å²) in [6.07, 6.45) is 3.88. The minimum atomic E-state index is -0.516. The molecule has 0 aliphatic carbocycles. The Bertz CT molecular complexity index is 918. The molecule has 0 bridgehead atoms. The molecule has 0 atom stereocenters. The van der Waals surface area contributed by atoms with Gasteiger partial charge in [0.25, 0.3) is 5.91 Å². The molecule has 0 aliphatic heterocycles. The third kappa shape index (κ3) is 4.22. The molecule has 0 saturated carbocycles. The fourth-order valence-corrected chi connectivity index (χ4v) is 2.54. The van der Waals surface area contributed by atoms with Gasteiger partial charge in [-0.1, -0.05) is 42.0 Å². The predicted octanol–water partition coefficient (Wildman–Crippen LogP) is 3.87. The maximum Gasteiger partial charge on any atom is 0.274 e. The van der Waals surface area contributed by atoms with Crippen LogP contribution in [0.3, 0.4) is 0 Å². The molecule has 126 valence electrons. The van der Waals surface area contributed by atoms with E-state index in [9.17, 15) is 4.79 Å². The van der Waals surface area contributed by atoms with Gasteiger partial charge in [-0.2, -0.15) is 0 Å². The SMILES string of the molecule is C/C(=C\c1ccc(C(=O)NO)cc1)CNc1cnc2ccccc2c1. The molecule has 0 radical (unpaired) electrons. The number of rotatable bonds is 5. The summed E-state index contributed by atoms with van der Waals surface area (Å²) in [4.78, 5) is 15.7. The molecule has 1 aromatic heterocycles. The molecule has 2 aromatic carbocycles. The molecule has 0 unspecified atom stereocenters. The third-order valence-electron chi connectivity index (χ3n) is 3.85. The van der Waals surface area contributed by atoms with Crippen LogP contribution in [-0.4, -0.2) is 22.6 Å². The summed E-state index contributed by atoms with van der Waals surface area (Å²) in [6, 6.07) is 17.1. The Morgan fingerprint density at radius 2 is 1.92 bits per heavy atom. The number of nitrogens with one attached hydrogen (secondary N) is 2. The van der Waals surface area contributed by atoms with E-state index in [-0.39, 0.29) is 0 Å². The minimum absolute atomic E-state index is 0.415. The van der Waals surface area contributed by atoms with Crippen molar-refractivity contribution < 1.29 is 10.0 Å². The van der Waals surface area contributed by atoms with Crippen molar-refractivity contribution in [2.24, 2.45) is 0 Å². The lowest BCUT2D eigenvalue weighted by atomic mass is 10.1. The van der Waals surface area contributed by atoms with Gasteiger partial charge in [-0.05, 0) is 36.8 Å². The van der Waals surface area contributed by atoms with Crippen LogP contribution in [0.4, 0.5) is 5.69 Å². The van der Waals surface area contributed by atoms with E-state index < -0.39 is 5.91 Å². The largest absolute Gasteiger partial charge is 0.380 e. The highest BCUT2D eigenvalue weighted by molar-refractivity contribution is 5.93. The van der Waals surface area contributed by atoms with Crippen LogP contribution in [0.15, 0.2) is 66.4 Å². The van der Waals surface area contributed by atoms with Gasteiger partial charge in [0.1, 0.15) is 0 Å². The van der Waals surface area contributed by atoms with Crippen molar-refractivity contribution in [1.82, 2.24) is 10.5 Å². The van der Waals surface area contributed by atoms with Crippen LogP contribution in [-0.2, 0) is 0 Å². The number of carbonyl (C=O) groups excluding carboxylic acids is 1. The van der Waals surface area contributed by atoms with Gasteiger partial charge in [0, 0.05) is 17.5 Å². The number of carbonyl (C=O) groups is 1. The molecule has 25 heavy (non-hydrogen) atoms. The smallest absolute Gasteiger partial charge is 0.274 e. The lowest BCUT2D eigenvalue weighted by molar-refractivity contribution is 0.0706. The van der Waals surface area contributed by atoms with E-state index in [1.54, 1.807) is 17.6 Å². The molecule has 0 saturated heterocycles. The number of aromatic nitrogens is 1. The van der Waals surface area contributed by atoms with Gasteiger partial charge in [0.15, 0.2) is 0 Å². The van der Waals surface area contributed by atoms with Gasteiger partial charge in [-0.25, -0.2) is 5.48 Å². The minimum Gasteiger partial charge on any atom is -0.380 e.